The Balaban J connectivity index is 2.22. The molecular weight excluding hydrogens is 259 g/mol. The number of hydrogen-bond acceptors (Lipinski definition) is 1. The zero-order valence-electron chi connectivity index (χ0n) is 8.31. The van der Waals surface area contributed by atoms with Crippen molar-refractivity contribution in [2.45, 2.75) is 24.3 Å². The van der Waals surface area contributed by atoms with Crippen LogP contribution in [0, 0.1) is 11.8 Å². The zero-order chi connectivity index (χ0) is 10.9. The molecular formula is C9H15BrF3N. The monoisotopic (exact) mass is 273 g/mol. The molecule has 14 heavy (non-hydrogen) atoms. The summed E-state index contributed by atoms with van der Waals surface area (Å²) in [5, 5.41) is 0. The van der Waals surface area contributed by atoms with E-state index in [-0.39, 0.29) is 6.54 Å². The van der Waals surface area contributed by atoms with E-state index in [0.29, 0.717) is 11.8 Å². The minimum absolute atomic E-state index is 0.0344. The molecule has 0 aromatic carbocycles. The molecule has 1 saturated carbocycles. The standard InChI is InChI=1S/C9H15BrF3N/c1-6-3-7(6)4-14(2)5-8(10)9(11,12)13/h6-8H,3-5H2,1-2H3. The van der Waals surface area contributed by atoms with Crippen LogP contribution in [-0.2, 0) is 0 Å². The van der Waals surface area contributed by atoms with E-state index >= 15 is 0 Å². The van der Waals surface area contributed by atoms with E-state index in [1.54, 1.807) is 11.9 Å². The van der Waals surface area contributed by atoms with Crippen molar-refractivity contribution >= 4 is 15.9 Å². The molecule has 1 nitrogen and oxygen atoms in total. The summed E-state index contributed by atoms with van der Waals surface area (Å²) in [6.07, 6.45) is -2.98. The molecule has 0 aliphatic heterocycles. The minimum atomic E-state index is -4.14. The van der Waals surface area contributed by atoms with E-state index in [4.69, 9.17) is 0 Å². The van der Waals surface area contributed by atoms with Crippen molar-refractivity contribution in [1.82, 2.24) is 4.90 Å². The van der Waals surface area contributed by atoms with Gasteiger partial charge in [0.2, 0.25) is 0 Å². The van der Waals surface area contributed by atoms with Gasteiger partial charge in [0, 0.05) is 13.1 Å². The Bertz CT molecular complexity index is 195. The van der Waals surface area contributed by atoms with E-state index in [1.165, 1.54) is 0 Å². The Morgan fingerprint density at radius 3 is 2.36 bits per heavy atom. The first-order valence-corrected chi connectivity index (χ1v) is 5.61. The van der Waals surface area contributed by atoms with Crippen LogP contribution in [0.25, 0.3) is 0 Å². The van der Waals surface area contributed by atoms with Crippen LogP contribution >= 0.6 is 15.9 Å². The zero-order valence-corrected chi connectivity index (χ0v) is 9.90. The molecule has 1 aliphatic rings. The molecule has 1 aliphatic carbocycles. The van der Waals surface area contributed by atoms with Crippen molar-refractivity contribution in [3.05, 3.63) is 0 Å². The highest BCUT2D eigenvalue weighted by atomic mass is 79.9. The smallest absolute Gasteiger partial charge is 0.305 e. The maximum Gasteiger partial charge on any atom is 0.402 e. The fourth-order valence-corrected chi connectivity index (χ4v) is 2.00. The number of alkyl halides is 4. The van der Waals surface area contributed by atoms with Crippen LogP contribution in [0.1, 0.15) is 13.3 Å². The maximum absolute atomic E-state index is 12.2. The van der Waals surface area contributed by atoms with Gasteiger partial charge in [-0.1, -0.05) is 22.9 Å². The molecule has 0 heterocycles. The Hall–Kier alpha value is 0.230. The van der Waals surface area contributed by atoms with Crippen molar-refractivity contribution in [2.75, 3.05) is 20.1 Å². The van der Waals surface area contributed by atoms with Crippen molar-refractivity contribution in [3.8, 4) is 0 Å². The second-order valence-corrected chi connectivity index (χ2v) is 5.31. The molecule has 0 N–H and O–H groups in total. The lowest BCUT2D eigenvalue weighted by Crippen LogP contribution is -2.36. The third kappa shape index (κ3) is 3.77. The molecule has 5 heteroatoms. The van der Waals surface area contributed by atoms with Crippen LogP contribution in [0.5, 0.6) is 0 Å². The molecule has 0 saturated heterocycles. The largest absolute Gasteiger partial charge is 0.402 e. The average molecular weight is 274 g/mol. The lowest BCUT2D eigenvalue weighted by Gasteiger charge is -2.21. The van der Waals surface area contributed by atoms with Crippen molar-refractivity contribution < 1.29 is 13.2 Å². The van der Waals surface area contributed by atoms with E-state index < -0.39 is 11.0 Å². The van der Waals surface area contributed by atoms with Gasteiger partial charge < -0.3 is 4.90 Å². The molecule has 0 amide bonds. The second kappa shape index (κ2) is 4.39. The number of hydrogen-bond donors (Lipinski definition) is 0. The third-order valence-electron chi connectivity index (χ3n) is 2.65. The first kappa shape index (κ1) is 12.3. The summed E-state index contributed by atoms with van der Waals surface area (Å²) in [5.74, 6) is 1.30. The molecule has 0 bridgehead atoms. The van der Waals surface area contributed by atoms with Gasteiger partial charge in [-0.25, -0.2) is 0 Å². The fourth-order valence-electron chi connectivity index (χ4n) is 1.51. The number of nitrogens with zero attached hydrogens (tertiary/aromatic N) is 1. The lowest BCUT2D eigenvalue weighted by molar-refractivity contribution is -0.130. The molecule has 0 spiro atoms. The molecule has 3 unspecified atom stereocenters. The van der Waals surface area contributed by atoms with Gasteiger partial charge in [0.15, 0.2) is 0 Å². The SMILES string of the molecule is CC1CC1CN(C)CC(Br)C(F)(F)F. The second-order valence-electron chi connectivity index (χ2n) is 4.20. The molecule has 1 fully saturated rings. The topological polar surface area (TPSA) is 3.24 Å². The Morgan fingerprint density at radius 2 is 2.00 bits per heavy atom. The molecule has 3 atom stereocenters. The summed E-state index contributed by atoms with van der Waals surface area (Å²) >= 11 is 2.66. The van der Waals surface area contributed by atoms with Crippen LogP contribution in [0.15, 0.2) is 0 Å². The van der Waals surface area contributed by atoms with Gasteiger partial charge in [0.1, 0.15) is 4.83 Å². The van der Waals surface area contributed by atoms with Gasteiger partial charge in [-0.2, -0.15) is 13.2 Å². The highest BCUT2D eigenvalue weighted by Gasteiger charge is 2.39. The summed E-state index contributed by atoms with van der Waals surface area (Å²) in [5.41, 5.74) is 0. The first-order valence-electron chi connectivity index (χ1n) is 4.70. The number of halogens is 4. The quantitative estimate of drug-likeness (QED) is 0.712. The highest BCUT2D eigenvalue weighted by molar-refractivity contribution is 9.09. The van der Waals surface area contributed by atoms with Crippen molar-refractivity contribution in [3.63, 3.8) is 0 Å². The average Bonchev–Trinajstić information content (AvgIpc) is 2.63. The Kier molecular flexibility index (Phi) is 3.86. The molecule has 0 radical (unpaired) electrons. The maximum atomic E-state index is 12.2. The predicted molar refractivity (Wildman–Crippen MR) is 53.5 cm³/mol. The molecule has 1 rings (SSSR count). The minimum Gasteiger partial charge on any atom is -0.305 e. The van der Waals surface area contributed by atoms with Crippen LogP contribution in [0.2, 0.25) is 0 Å². The van der Waals surface area contributed by atoms with E-state index in [2.05, 4.69) is 22.9 Å². The summed E-state index contributed by atoms with van der Waals surface area (Å²) in [6, 6.07) is 0. The predicted octanol–water partition coefficient (Wildman–Crippen LogP) is 2.90. The van der Waals surface area contributed by atoms with Crippen LogP contribution in [0.4, 0.5) is 13.2 Å². The fraction of sp³-hybridized carbons (Fsp3) is 1.00. The van der Waals surface area contributed by atoms with Gasteiger partial charge in [-0.15, -0.1) is 0 Å². The van der Waals surface area contributed by atoms with E-state index in [1.807, 2.05) is 0 Å². The lowest BCUT2D eigenvalue weighted by atomic mass is 10.3. The van der Waals surface area contributed by atoms with E-state index in [0.717, 1.165) is 13.0 Å². The van der Waals surface area contributed by atoms with Crippen LogP contribution in [0.3, 0.4) is 0 Å². The van der Waals surface area contributed by atoms with Gasteiger partial charge in [0.05, 0.1) is 0 Å². The van der Waals surface area contributed by atoms with Crippen LogP contribution in [-0.4, -0.2) is 36.0 Å². The van der Waals surface area contributed by atoms with Gasteiger partial charge >= 0.3 is 6.18 Å². The van der Waals surface area contributed by atoms with Crippen molar-refractivity contribution in [2.24, 2.45) is 11.8 Å². The third-order valence-corrected chi connectivity index (χ3v) is 3.46. The van der Waals surface area contributed by atoms with Gasteiger partial charge in [-0.05, 0) is 25.3 Å². The van der Waals surface area contributed by atoms with Crippen LogP contribution < -0.4 is 0 Å². The van der Waals surface area contributed by atoms with Crippen molar-refractivity contribution in [1.29, 1.82) is 0 Å². The normalized spacial score (nSPS) is 29.4. The Labute approximate surface area is 90.8 Å². The van der Waals surface area contributed by atoms with Gasteiger partial charge in [-0.3, -0.25) is 0 Å². The first-order chi connectivity index (χ1) is 6.30. The Morgan fingerprint density at radius 1 is 1.50 bits per heavy atom. The highest BCUT2D eigenvalue weighted by Crippen LogP contribution is 2.38. The summed E-state index contributed by atoms with van der Waals surface area (Å²) in [6.45, 7) is 2.94. The van der Waals surface area contributed by atoms with Gasteiger partial charge in [0.25, 0.3) is 0 Å². The molecule has 84 valence electrons. The van der Waals surface area contributed by atoms with E-state index in [9.17, 15) is 13.2 Å². The molecule has 0 aromatic heterocycles. The number of rotatable bonds is 4. The summed E-state index contributed by atoms with van der Waals surface area (Å²) in [4.78, 5) is 0.343. The summed E-state index contributed by atoms with van der Waals surface area (Å²) < 4.78 is 36.5. The summed E-state index contributed by atoms with van der Waals surface area (Å²) in [7, 11) is 1.74. The molecule has 0 aromatic rings.